The van der Waals surface area contributed by atoms with Gasteiger partial charge in [0.25, 0.3) is 0 Å². The maximum atomic E-state index is 5.88. The number of hydrogen-bond acceptors (Lipinski definition) is 18. The van der Waals surface area contributed by atoms with Crippen LogP contribution in [-0.2, 0) is 84.6 Å². The number of hydrogen-bond donors (Lipinski definition) is 0. The molecule has 2 aliphatic heterocycles. The lowest BCUT2D eigenvalue weighted by Crippen LogP contribution is -2.26. The lowest BCUT2D eigenvalue weighted by Gasteiger charge is -2.25. The number of rotatable bonds is 4. The Morgan fingerprint density at radius 3 is 0.893 bits per heavy atom. The molecule has 0 radical (unpaired) electrons. The Morgan fingerprint density at radius 1 is 0.393 bits per heavy atom. The lowest BCUT2D eigenvalue weighted by atomic mass is 9.83. The van der Waals surface area contributed by atoms with E-state index in [0.29, 0.717) is 92.1 Å². The normalized spacial score (nSPS) is 20.9. The molecule has 0 atom stereocenters. The molecule has 0 saturated carbocycles. The van der Waals surface area contributed by atoms with Gasteiger partial charge in [0.15, 0.2) is 0 Å². The molecule has 2 aliphatic rings. The van der Waals surface area contributed by atoms with Gasteiger partial charge in [-0.3, -0.25) is 0 Å². The molecule has 0 spiro atoms. The molecule has 2 saturated heterocycles. The van der Waals surface area contributed by atoms with Crippen LogP contribution < -0.4 is 0 Å². The molecular formula is C38H58O14S4. The van der Waals surface area contributed by atoms with E-state index in [1.54, 1.807) is 0 Å². The molecule has 0 bridgehead atoms. The SMILES string of the molecule is CC(C)(C)c1cc(CC2COC(=S)OCCOCCOCCOCCOC(=S)OC2)cc(CC2COC(=S)OCCOCCOCCOCCOC(=S)OC2)c1. The summed E-state index contributed by atoms with van der Waals surface area (Å²) >= 11 is 21.4. The summed E-state index contributed by atoms with van der Waals surface area (Å²) in [6.45, 7) is 13.2. The van der Waals surface area contributed by atoms with Gasteiger partial charge in [-0.25, -0.2) is 0 Å². The fraction of sp³-hybridized carbons (Fsp3) is 0.737. The number of ether oxygens (including phenoxy) is 14. The lowest BCUT2D eigenvalue weighted by molar-refractivity contribution is -0.00170. The Hall–Kier alpha value is -2.26. The molecule has 0 N–H and O–H groups in total. The molecular weight excluding hydrogens is 809 g/mol. The average Bonchev–Trinajstić information content (AvgIpc) is 3.16. The van der Waals surface area contributed by atoms with E-state index in [-0.39, 0.29) is 91.1 Å². The van der Waals surface area contributed by atoms with Crippen LogP contribution >= 0.6 is 48.9 Å². The Morgan fingerprint density at radius 2 is 0.643 bits per heavy atom. The van der Waals surface area contributed by atoms with E-state index in [4.69, 9.17) is 115 Å². The number of thiocarbonyl (C=S) groups is 4. The molecule has 2 fully saturated rings. The minimum atomic E-state index is -0.169. The van der Waals surface area contributed by atoms with Crippen molar-refractivity contribution in [3.05, 3.63) is 34.9 Å². The molecule has 2 heterocycles. The van der Waals surface area contributed by atoms with E-state index < -0.39 is 0 Å². The first kappa shape index (κ1) is 48.1. The summed E-state index contributed by atoms with van der Waals surface area (Å²) in [6.07, 6.45) is 1.16. The van der Waals surface area contributed by atoms with E-state index in [9.17, 15) is 0 Å². The van der Waals surface area contributed by atoms with Gasteiger partial charge < -0.3 is 66.3 Å². The largest absolute Gasteiger partial charge is 0.456 e. The highest BCUT2D eigenvalue weighted by atomic mass is 32.1. The van der Waals surface area contributed by atoms with Gasteiger partial charge in [-0.05, 0) is 34.9 Å². The molecule has 318 valence electrons. The van der Waals surface area contributed by atoms with E-state index >= 15 is 0 Å². The molecule has 1 aromatic carbocycles. The van der Waals surface area contributed by atoms with Crippen molar-refractivity contribution in [1.29, 1.82) is 0 Å². The fourth-order valence-corrected chi connectivity index (χ4v) is 5.77. The molecule has 14 nitrogen and oxygen atoms in total. The highest BCUT2D eigenvalue weighted by molar-refractivity contribution is 7.80. The van der Waals surface area contributed by atoms with E-state index in [1.165, 1.54) is 0 Å². The van der Waals surface area contributed by atoms with Crippen LogP contribution in [0.5, 0.6) is 0 Å². The van der Waals surface area contributed by atoms with Crippen LogP contribution in [0.4, 0.5) is 0 Å². The summed E-state index contributed by atoms with van der Waals surface area (Å²) < 4.78 is 79.0. The first-order valence-corrected chi connectivity index (χ1v) is 20.5. The van der Waals surface area contributed by atoms with Crippen LogP contribution in [-0.4, -0.2) is 153 Å². The summed E-state index contributed by atoms with van der Waals surface area (Å²) in [4.78, 5) is 0. The zero-order valence-corrected chi connectivity index (χ0v) is 36.1. The van der Waals surface area contributed by atoms with Crippen LogP contribution in [0.3, 0.4) is 0 Å². The molecule has 0 unspecified atom stereocenters. The van der Waals surface area contributed by atoms with Crippen LogP contribution in [0.15, 0.2) is 18.2 Å². The monoisotopic (exact) mass is 866 g/mol. The molecule has 3 rings (SSSR count). The standard InChI is InChI=1S/C38H58O14S4/c1-38(2,3)33-23-29(21-31-25-49-34(53)45-16-12-41-8-4-39-5-9-42-13-17-46-35(54)50-26-31)20-30(24-33)22-32-27-51-36(55)47-18-14-43-10-6-40-7-11-44-15-19-48-37(56)52-28-32/h20,23-24,31-32H,4-19,21-22,25-28H2,1-3H3. The molecule has 1 aromatic rings. The predicted molar refractivity (Wildman–Crippen MR) is 222 cm³/mol. The van der Waals surface area contributed by atoms with Gasteiger partial charge in [0.1, 0.15) is 26.4 Å². The van der Waals surface area contributed by atoms with Gasteiger partial charge in [-0.1, -0.05) is 39.0 Å². The molecule has 0 aliphatic carbocycles. The van der Waals surface area contributed by atoms with E-state index in [2.05, 4.69) is 39.0 Å². The van der Waals surface area contributed by atoms with Gasteiger partial charge >= 0.3 is 20.9 Å². The van der Waals surface area contributed by atoms with Crippen molar-refractivity contribution in [3.8, 4) is 0 Å². The molecule has 0 aromatic heterocycles. The third kappa shape index (κ3) is 23.2. The summed E-state index contributed by atoms with van der Waals surface area (Å²) in [6, 6.07) is 6.56. The van der Waals surface area contributed by atoms with Crippen molar-refractivity contribution in [2.45, 2.75) is 39.0 Å². The summed E-state index contributed by atoms with van der Waals surface area (Å²) in [7, 11) is 0. The number of benzene rings is 1. The zero-order chi connectivity index (χ0) is 40.3. The minimum Gasteiger partial charge on any atom is -0.456 e. The Balaban J connectivity index is 1.74. The minimum absolute atomic E-state index is 0.0276. The molecule has 56 heavy (non-hydrogen) atoms. The van der Waals surface area contributed by atoms with Crippen molar-refractivity contribution < 1.29 is 66.3 Å². The summed E-state index contributed by atoms with van der Waals surface area (Å²) in [5.74, 6) is -0.338. The second-order valence-corrected chi connectivity index (χ2v) is 15.1. The third-order valence-electron chi connectivity index (χ3n) is 7.99. The Bertz CT molecular complexity index is 1150. The maximum Gasteiger partial charge on any atom is 0.352 e. The second-order valence-electron chi connectivity index (χ2n) is 13.7. The Labute approximate surface area is 352 Å². The summed E-state index contributed by atoms with van der Waals surface area (Å²) in [5, 5.41) is 0.110. The van der Waals surface area contributed by atoms with Crippen molar-refractivity contribution in [3.63, 3.8) is 0 Å². The van der Waals surface area contributed by atoms with Crippen molar-refractivity contribution >= 4 is 69.8 Å². The van der Waals surface area contributed by atoms with Gasteiger partial charge in [-0.15, -0.1) is 0 Å². The third-order valence-corrected chi connectivity index (χ3v) is 8.94. The van der Waals surface area contributed by atoms with E-state index in [0.717, 1.165) is 16.7 Å². The Kier molecular flexibility index (Phi) is 24.9. The fourth-order valence-electron chi connectivity index (χ4n) is 5.16. The van der Waals surface area contributed by atoms with Crippen LogP contribution in [0.1, 0.15) is 37.5 Å². The summed E-state index contributed by atoms with van der Waals surface area (Å²) in [5.41, 5.74) is 3.13. The molecule has 18 heteroatoms. The van der Waals surface area contributed by atoms with Crippen LogP contribution in [0.2, 0.25) is 0 Å². The second kappa shape index (κ2) is 29.0. The topological polar surface area (TPSA) is 129 Å². The van der Waals surface area contributed by atoms with Gasteiger partial charge in [0.05, 0.1) is 106 Å². The zero-order valence-electron chi connectivity index (χ0n) is 32.8. The van der Waals surface area contributed by atoms with Crippen molar-refractivity contribution in [1.82, 2.24) is 0 Å². The quantitative estimate of drug-likeness (QED) is 0.388. The first-order valence-electron chi connectivity index (χ1n) is 18.9. The molecule has 0 amide bonds. The van der Waals surface area contributed by atoms with Crippen LogP contribution in [0.25, 0.3) is 0 Å². The van der Waals surface area contributed by atoms with Crippen molar-refractivity contribution in [2.75, 3.05) is 132 Å². The van der Waals surface area contributed by atoms with Gasteiger partial charge in [-0.2, -0.15) is 0 Å². The van der Waals surface area contributed by atoms with Gasteiger partial charge in [0, 0.05) is 60.7 Å². The predicted octanol–water partition coefficient (Wildman–Crippen LogP) is 4.70. The highest BCUT2D eigenvalue weighted by Crippen LogP contribution is 2.27. The average molecular weight is 867 g/mol. The van der Waals surface area contributed by atoms with Gasteiger partial charge in [0.2, 0.25) is 0 Å². The maximum absolute atomic E-state index is 5.88. The first-order chi connectivity index (χ1) is 27.1. The van der Waals surface area contributed by atoms with Crippen molar-refractivity contribution in [2.24, 2.45) is 11.8 Å². The highest BCUT2D eigenvalue weighted by Gasteiger charge is 2.22. The smallest absolute Gasteiger partial charge is 0.352 e. The van der Waals surface area contributed by atoms with Crippen LogP contribution in [0, 0.1) is 11.8 Å². The van der Waals surface area contributed by atoms with E-state index in [1.807, 2.05) is 0 Å².